The lowest BCUT2D eigenvalue weighted by Crippen LogP contribution is -2.45. The Bertz CT molecular complexity index is 154. The number of alkyl halides is 8. The van der Waals surface area contributed by atoms with E-state index < -0.39 is 15.3 Å². The first-order valence-corrected chi connectivity index (χ1v) is 8.53. The number of hydrogen-bond donors (Lipinski definition) is 0. The summed E-state index contributed by atoms with van der Waals surface area (Å²) in [5, 5.41) is 4.25. The second-order valence-electron chi connectivity index (χ2n) is 1.89. The van der Waals surface area contributed by atoms with Crippen LogP contribution in [0.25, 0.3) is 0 Å². The molecule has 0 heterocycles. The van der Waals surface area contributed by atoms with Gasteiger partial charge in [-0.1, -0.05) is 95.6 Å². The van der Waals surface area contributed by atoms with E-state index in [1.54, 1.807) is 0 Å². The fourth-order valence-corrected chi connectivity index (χ4v) is 2.67. The van der Waals surface area contributed by atoms with Gasteiger partial charge in [0.25, 0.3) is 0 Å². The predicted octanol–water partition coefficient (Wildman–Crippen LogP) is 5.40. The zero-order valence-corrected chi connectivity index (χ0v) is 16.7. The molecule has 0 saturated heterocycles. The smallest absolute Gasteiger partial charge is 0.173 e. The van der Waals surface area contributed by atoms with Gasteiger partial charge in [-0.2, -0.15) is 5.32 Å². The Morgan fingerprint density at radius 2 is 1.08 bits per heavy atom. The predicted molar refractivity (Wildman–Crippen MR) is 80.4 cm³/mol. The van der Waals surface area contributed by atoms with Crippen molar-refractivity contribution >= 4 is 119 Å². The van der Waals surface area contributed by atoms with Crippen molar-refractivity contribution in [2.24, 2.45) is 0 Å². The average Bonchev–Trinajstić information content (AvgIpc) is 1.83. The first kappa shape index (κ1) is 16.4. The molecule has 0 N–H and O–H groups in total. The fourth-order valence-electron chi connectivity index (χ4n) is 0.296. The maximum absolute atomic E-state index is 5.81. The molecule has 0 fully saturated rings. The van der Waals surface area contributed by atoms with Gasteiger partial charge in [-0.05, 0) is 0 Å². The third kappa shape index (κ3) is 6.05. The van der Waals surface area contributed by atoms with Gasteiger partial charge < -0.3 is 0 Å². The van der Waals surface area contributed by atoms with Gasteiger partial charge in [0.1, 0.15) is 8.57 Å². The lowest BCUT2D eigenvalue weighted by Gasteiger charge is -2.30. The summed E-state index contributed by atoms with van der Waals surface area (Å²) in [5.74, 6) is 0. The molecule has 13 heavy (non-hydrogen) atoms. The molecule has 0 aromatic rings. The van der Waals surface area contributed by atoms with Gasteiger partial charge in [0.05, 0.1) is 0 Å². The van der Waals surface area contributed by atoms with Crippen molar-refractivity contribution < 1.29 is 0 Å². The number of halogens is 8. The van der Waals surface area contributed by atoms with Gasteiger partial charge in [-0.15, -0.1) is 23.2 Å². The van der Waals surface area contributed by atoms with Crippen LogP contribution >= 0.6 is 119 Å². The summed E-state index contributed by atoms with van der Waals surface area (Å²) in [6, 6.07) is 0. The summed E-state index contributed by atoms with van der Waals surface area (Å²) in [6.07, 6.45) is 0. The topological polar surface area (TPSA) is 14.1 Å². The third-order valence-corrected chi connectivity index (χ3v) is 8.83. The van der Waals surface area contributed by atoms with E-state index in [1.807, 2.05) is 0 Å². The van der Waals surface area contributed by atoms with Crippen LogP contribution in [0.15, 0.2) is 0 Å². The monoisotopic (exact) mass is 607 g/mol. The molecular formula is C4H2Br6Cl2N. The van der Waals surface area contributed by atoms with Crippen molar-refractivity contribution in [3.8, 4) is 0 Å². The number of nitrogens with zero attached hydrogens (tertiary/aromatic N) is 1. The summed E-state index contributed by atoms with van der Waals surface area (Å²) < 4.78 is -2.46. The minimum absolute atomic E-state index is 0.419. The quantitative estimate of drug-likeness (QED) is 0.298. The molecule has 2 unspecified atom stereocenters. The number of hydrogen-bond acceptors (Lipinski definition) is 0. The molecule has 0 aliphatic heterocycles. The van der Waals surface area contributed by atoms with E-state index in [2.05, 4.69) is 101 Å². The molecule has 0 spiro atoms. The van der Waals surface area contributed by atoms with E-state index in [4.69, 9.17) is 23.2 Å². The van der Waals surface area contributed by atoms with Crippen LogP contribution in [-0.2, 0) is 0 Å². The first-order chi connectivity index (χ1) is 5.59. The van der Waals surface area contributed by atoms with Crippen LogP contribution in [0, 0.1) is 0 Å². The van der Waals surface area contributed by atoms with Gasteiger partial charge in [0, 0.05) is 0 Å². The van der Waals surface area contributed by atoms with Gasteiger partial charge in [0.2, 0.25) is 0 Å². The van der Waals surface area contributed by atoms with Crippen molar-refractivity contribution in [3.05, 3.63) is 0 Å². The molecule has 0 saturated carbocycles. The van der Waals surface area contributed by atoms with Crippen LogP contribution < -0.4 is 5.32 Å². The summed E-state index contributed by atoms with van der Waals surface area (Å²) in [6.45, 7) is 0. The summed E-state index contributed by atoms with van der Waals surface area (Å²) in [4.78, 5) is 0. The molecule has 0 aliphatic carbocycles. The molecule has 0 rings (SSSR count). The zero-order chi connectivity index (χ0) is 10.9. The first-order valence-electron chi connectivity index (χ1n) is 2.65. The van der Waals surface area contributed by atoms with Crippen molar-refractivity contribution in [2.45, 2.75) is 15.3 Å². The van der Waals surface area contributed by atoms with Crippen LogP contribution in [0.4, 0.5) is 0 Å². The van der Waals surface area contributed by atoms with Crippen LogP contribution in [0.2, 0.25) is 0 Å². The van der Waals surface area contributed by atoms with Crippen LogP contribution in [0.1, 0.15) is 0 Å². The van der Waals surface area contributed by atoms with Crippen LogP contribution in [0.3, 0.4) is 0 Å². The lowest BCUT2D eigenvalue weighted by molar-refractivity contribution is 0.618. The van der Waals surface area contributed by atoms with Crippen molar-refractivity contribution in [3.63, 3.8) is 0 Å². The highest BCUT2D eigenvalue weighted by molar-refractivity contribution is 9.27. The summed E-state index contributed by atoms with van der Waals surface area (Å²) in [7, 11) is 0. The molecule has 79 valence electrons. The Hall–Kier alpha value is 3.42. The highest BCUT2D eigenvalue weighted by Crippen LogP contribution is 2.44. The normalized spacial score (nSPS) is 18.5. The van der Waals surface area contributed by atoms with E-state index in [9.17, 15) is 0 Å². The van der Waals surface area contributed by atoms with Crippen LogP contribution in [0.5, 0.6) is 0 Å². The summed E-state index contributed by atoms with van der Waals surface area (Å²) >= 11 is 31.1. The SMILES string of the molecule is ClC(Br)C(Br)(Br)[N]C(Br)(Br)C(Cl)Br. The minimum atomic E-state index is -0.810. The fraction of sp³-hybridized carbons (Fsp3) is 1.00. The Labute approximate surface area is 137 Å². The second kappa shape index (κ2) is 6.38. The Balaban J connectivity index is 4.42. The molecular weight excluding hydrogens is 612 g/mol. The van der Waals surface area contributed by atoms with E-state index in [0.717, 1.165) is 0 Å². The molecule has 0 aliphatic rings. The van der Waals surface area contributed by atoms with Gasteiger partial charge in [-0.3, -0.25) is 0 Å². The van der Waals surface area contributed by atoms with E-state index >= 15 is 0 Å². The molecule has 0 aromatic heterocycles. The Morgan fingerprint density at radius 3 is 1.23 bits per heavy atom. The Kier molecular flexibility index (Phi) is 8.06. The van der Waals surface area contributed by atoms with Crippen molar-refractivity contribution in [2.75, 3.05) is 0 Å². The second-order valence-corrected chi connectivity index (χ2v) is 12.6. The Morgan fingerprint density at radius 1 is 0.846 bits per heavy atom. The van der Waals surface area contributed by atoms with E-state index in [-0.39, 0.29) is 0 Å². The summed E-state index contributed by atoms with van der Waals surface area (Å²) in [5.41, 5.74) is 0. The zero-order valence-electron chi connectivity index (χ0n) is 5.63. The van der Waals surface area contributed by atoms with E-state index in [1.165, 1.54) is 0 Å². The van der Waals surface area contributed by atoms with E-state index in [0.29, 0.717) is 0 Å². The standard InChI is InChI=1S/C4H2Br6Cl2N/c5-1(11)3(7,8)13-4(9,10)2(6)12/h1-2H. The molecule has 2 atom stereocenters. The molecule has 0 aromatic carbocycles. The molecule has 0 amide bonds. The van der Waals surface area contributed by atoms with Gasteiger partial charge in [0.15, 0.2) is 6.71 Å². The molecule has 1 nitrogen and oxygen atoms in total. The lowest BCUT2D eigenvalue weighted by atomic mass is 10.6. The van der Waals surface area contributed by atoms with Crippen molar-refractivity contribution in [1.82, 2.24) is 5.32 Å². The molecule has 9 heteroatoms. The van der Waals surface area contributed by atoms with Gasteiger partial charge >= 0.3 is 0 Å². The minimum Gasteiger partial charge on any atom is -0.179 e. The highest BCUT2D eigenvalue weighted by Gasteiger charge is 2.43. The largest absolute Gasteiger partial charge is 0.179 e. The number of rotatable bonds is 4. The molecule has 0 bridgehead atoms. The average molecular weight is 614 g/mol. The maximum atomic E-state index is 5.81. The van der Waals surface area contributed by atoms with Crippen LogP contribution in [-0.4, -0.2) is 15.3 Å². The molecule has 1 radical (unpaired) electrons. The highest BCUT2D eigenvalue weighted by atomic mass is 79.9. The van der Waals surface area contributed by atoms with Gasteiger partial charge in [-0.25, -0.2) is 0 Å². The van der Waals surface area contributed by atoms with Crippen molar-refractivity contribution in [1.29, 1.82) is 0 Å². The third-order valence-electron chi connectivity index (χ3n) is 0.823. The maximum Gasteiger partial charge on any atom is 0.173 e.